The van der Waals surface area contributed by atoms with Crippen molar-refractivity contribution in [3.63, 3.8) is 0 Å². The van der Waals surface area contributed by atoms with Crippen LogP contribution in [0.5, 0.6) is 0 Å². The summed E-state index contributed by atoms with van der Waals surface area (Å²) in [4.78, 5) is 12.2. The Morgan fingerprint density at radius 1 is 1.04 bits per heavy atom. The maximum Gasteiger partial charge on any atom is 0.241 e. The number of carbonyl (C=O) groups excluding carboxylic acids is 1. The molecule has 0 aliphatic rings. The SMILES string of the molecule is Cc1cc(NS(=O)(=O)CC(=O)c2ccccc2)n(-c2ccccc2)n1. The fourth-order valence-corrected chi connectivity index (χ4v) is 3.46. The van der Waals surface area contributed by atoms with Crippen molar-refractivity contribution in [3.8, 4) is 5.69 Å². The second-order valence-corrected chi connectivity index (χ2v) is 7.29. The molecule has 0 bridgehead atoms. The van der Waals surface area contributed by atoms with Crippen LogP contribution in [0.15, 0.2) is 66.7 Å². The first-order valence-corrected chi connectivity index (χ1v) is 9.31. The van der Waals surface area contributed by atoms with Crippen LogP contribution in [-0.4, -0.2) is 29.7 Å². The summed E-state index contributed by atoms with van der Waals surface area (Å²) < 4.78 is 28.8. The van der Waals surface area contributed by atoms with E-state index in [0.717, 1.165) is 5.69 Å². The number of nitrogens with zero attached hydrogens (tertiary/aromatic N) is 2. The van der Waals surface area contributed by atoms with Gasteiger partial charge < -0.3 is 0 Å². The van der Waals surface area contributed by atoms with Crippen molar-refractivity contribution in [2.45, 2.75) is 6.92 Å². The number of aromatic nitrogens is 2. The molecule has 2 aromatic carbocycles. The summed E-state index contributed by atoms with van der Waals surface area (Å²) in [5.41, 5.74) is 1.75. The van der Waals surface area contributed by atoms with E-state index in [1.165, 1.54) is 4.68 Å². The average molecular weight is 355 g/mol. The van der Waals surface area contributed by atoms with E-state index in [2.05, 4.69) is 9.82 Å². The van der Waals surface area contributed by atoms with Crippen LogP contribution in [0.2, 0.25) is 0 Å². The van der Waals surface area contributed by atoms with Crippen LogP contribution in [-0.2, 0) is 10.0 Å². The molecular formula is C18H17N3O3S. The lowest BCUT2D eigenvalue weighted by molar-refractivity contribution is 0.102. The third-order valence-corrected chi connectivity index (χ3v) is 4.67. The molecule has 6 nitrogen and oxygen atoms in total. The molecule has 0 fully saturated rings. The number of anilines is 1. The van der Waals surface area contributed by atoms with Gasteiger partial charge in [0.15, 0.2) is 5.78 Å². The van der Waals surface area contributed by atoms with Crippen molar-refractivity contribution in [2.75, 3.05) is 10.5 Å². The Labute approximate surface area is 146 Å². The maximum atomic E-state index is 12.4. The lowest BCUT2D eigenvalue weighted by atomic mass is 10.2. The zero-order valence-electron chi connectivity index (χ0n) is 13.6. The first-order chi connectivity index (χ1) is 11.9. The first-order valence-electron chi connectivity index (χ1n) is 7.65. The van der Waals surface area contributed by atoms with Crippen LogP contribution in [0, 0.1) is 6.92 Å². The van der Waals surface area contributed by atoms with Crippen LogP contribution in [0.3, 0.4) is 0 Å². The van der Waals surface area contributed by atoms with E-state index in [1.54, 1.807) is 43.3 Å². The zero-order chi connectivity index (χ0) is 17.9. The third-order valence-electron chi connectivity index (χ3n) is 3.51. The summed E-state index contributed by atoms with van der Waals surface area (Å²) in [5, 5.41) is 4.31. The van der Waals surface area contributed by atoms with Gasteiger partial charge in [-0.2, -0.15) is 5.10 Å². The predicted octanol–water partition coefficient (Wildman–Crippen LogP) is 2.81. The molecule has 0 aliphatic heterocycles. The van der Waals surface area contributed by atoms with Gasteiger partial charge in [-0.25, -0.2) is 13.1 Å². The molecule has 25 heavy (non-hydrogen) atoms. The number of sulfonamides is 1. The van der Waals surface area contributed by atoms with Gasteiger partial charge in [0.05, 0.1) is 11.4 Å². The van der Waals surface area contributed by atoms with Crippen LogP contribution in [0.1, 0.15) is 16.1 Å². The summed E-state index contributed by atoms with van der Waals surface area (Å²) in [6.07, 6.45) is 0. The predicted molar refractivity (Wildman–Crippen MR) is 96.5 cm³/mol. The van der Waals surface area contributed by atoms with Gasteiger partial charge in [0.2, 0.25) is 10.0 Å². The number of benzene rings is 2. The van der Waals surface area contributed by atoms with E-state index in [1.807, 2.05) is 30.3 Å². The number of carbonyl (C=O) groups is 1. The number of ketones is 1. The van der Waals surface area contributed by atoms with Crippen molar-refractivity contribution in [2.24, 2.45) is 0 Å². The van der Waals surface area contributed by atoms with Crippen molar-refractivity contribution in [3.05, 3.63) is 78.0 Å². The van der Waals surface area contributed by atoms with Crippen molar-refractivity contribution >= 4 is 21.6 Å². The summed E-state index contributed by atoms with van der Waals surface area (Å²) in [6.45, 7) is 1.77. The largest absolute Gasteiger partial charge is 0.293 e. The molecule has 3 aromatic rings. The highest BCUT2D eigenvalue weighted by Gasteiger charge is 2.20. The van der Waals surface area contributed by atoms with Gasteiger partial charge in [-0.15, -0.1) is 0 Å². The minimum atomic E-state index is -3.86. The fraction of sp³-hybridized carbons (Fsp3) is 0.111. The molecule has 0 radical (unpaired) electrons. The molecule has 0 saturated heterocycles. The highest BCUT2D eigenvalue weighted by molar-refractivity contribution is 7.93. The number of hydrogen-bond donors (Lipinski definition) is 1. The molecule has 0 atom stereocenters. The van der Waals surface area contributed by atoms with Crippen LogP contribution >= 0.6 is 0 Å². The lowest BCUT2D eigenvalue weighted by Crippen LogP contribution is -2.24. The van der Waals surface area contributed by atoms with Gasteiger partial charge in [0.25, 0.3) is 0 Å². The number of para-hydroxylation sites is 1. The molecule has 0 aliphatic carbocycles. The highest BCUT2D eigenvalue weighted by atomic mass is 32.2. The Morgan fingerprint density at radius 2 is 1.64 bits per heavy atom. The van der Waals surface area contributed by atoms with Gasteiger partial charge in [0.1, 0.15) is 11.6 Å². The second kappa shape index (κ2) is 6.90. The molecule has 7 heteroatoms. The molecule has 0 spiro atoms. The Hall–Kier alpha value is -2.93. The van der Waals surface area contributed by atoms with Crippen molar-refractivity contribution in [1.82, 2.24) is 9.78 Å². The Morgan fingerprint density at radius 3 is 2.28 bits per heavy atom. The number of Topliss-reactive ketones (excluding diaryl/α,β-unsaturated/α-hetero) is 1. The highest BCUT2D eigenvalue weighted by Crippen LogP contribution is 2.18. The maximum absolute atomic E-state index is 12.4. The molecule has 1 heterocycles. The van der Waals surface area contributed by atoms with E-state index in [4.69, 9.17) is 0 Å². The van der Waals surface area contributed by atoms with E-state index >= 15 is 0 Å². The smallest absolute Gasteiger partial charge is 0.241 e. The van der Waals surface area contributed by atoms with Gasteiger partial charge in [-0.05, 0) is 19.1 Å². The Bertz CT molecular complexity index is 981. The minimum Gasteiger partial charge on any atom is -0.293 e. The minimum absolute atomic E-state index is 0.296. The molecule has 1 aromatic heterocycles. The number of aryl methyl sites for hydroxylation is 1. The average Bonchev–Trinajstić information content (AvgIpc) is 2.95. The monoisotopic (exact) mass is 355 g/mol. The number of hydrogen-bond acceptors (Lipinski definition) is 4. The van der Waals surface area contributed by atoms with Crippen LogP contribution in [0.4, 0.5) is 5.82 Å². The summed E-state index contributed by atoms with van der Waals surface area (Å²) >= 11 is 0. The van der Waals surface area contributed by atoms with Crippen molar-refractivity contribution < 1.29 is 13.2 Å². The summed E-state index contributed by atoms with van der Waals surface area (Å²) in [5.74, 6) is -0.795. The van der Waals surface area contributed by atoms with Gasteiger partial charge in [-0.1, -0.05) is 48.5 Å². The van der Waals surface area contributed by atoms with E-state index in [0.29, 0.717) is 17.1 Å². The van der Waals surface area contributed by atoms with Gasteiger partial charge in [0, 0.05) is 11.6 Å². The Kier molecular flexibility index (Phi) is 4.67. The molecule has 0 unspecified atom stereocenters. The van der Waals surface area contributed by atoms with E-state index < -0.39 is 21.6 Å². The van der Waals surface area contributed by atoms with Gasteiger partial charge >= 0.3 is 0 Å². The van der Waals surface area contributed by atoms with E-state index in [9.17, 15) is 13.2 Å². The lowest BCUT2D eigenvalue weighted by Gasteiger charge is -2.10. The van der Waals surface area contributed by atoms with Crippen LogP contribution < -0.4 is 4.72 Å². The second-order valence-electron chi connectivity index (χ2n) is 5.57. The standard InChI is InChI=1S/C18H17N3O3S/c1-14-12-18(21(19-14)16-10-6-3-7-11-16)20-25(23,24)13-17(22)15-8-4-2-5-9-15/h2-12,20H,13H2,1H3. The van der Waals surface area contributed by atoms with Gasteiger partial charge in [-0.3, -0.25) is 9.52 Å². The fourth-order valence-electron chi connectivity index (χ4n) is 2.41. The molecule has 0 amide bonds. The topological polar surface area (TPSA) is 81.1 Å². The molecule has 128 valence electrons. The molecule has 1 N–H and O–H groups in total. The third kappa shape index (κ3) is 4.13. The summed E-state index contributed by atoms with van der Waals surface area (Å²) in [7, 11) is -3.86. The normalized spacial score (nSPS) is 11.2. The Balaban J connectivity index is 1.83. The zero-order valence-corrected chi connectivity index (χ0v) is 14.4. The van der Waals surface area contributed by atoms with Crippen molar-refractivity contribution in [1.29, 1.82) is 0 Å². The molecule has 3 rings (SSSR count). The number of nitrogens with one attached hydrogen (secondary N) is 1. The first kappa shape index (κ1) is 16.9. The number of rotatable bonds is 6. The summed E-state index contributed by atoms with van der Waals surface area (Å²) in [6, 6.07) is 19.1. The van der Waals surface area contributed by atoms with E-state index in [-0.39, 0.29) is 0 Å². The molecular weight excluding hydrogens is 338 g/mol. The molecule has 0 saturated carbocycles. The quantitative estimate of drug-likeness (QED) is 0.690. The van der Waals surface area contributed by atoms with Crippen LogP contribution in [0.25, 0.3) is 5.69 Å².